The van der Waals surface area contributed by atoms with Crippen molar-refractivity contribution in [2.24, 2.45) is 0 Å². The van der Waals surface area contributed by atoms with Crippen molar-refractivity contribution in [3.8, 4) is 0 Å². The van der Waals surface area contributed by atoms with Crippen molar-refractivity contribution in [1.29, 1.82) is 0 Å². The highest BCUT2D eigenvalue weighted by molar-refractivity contribution is 4.82. The fourth-order valence-electron chi connectivity index (χ4n) is 3.21. The minimum atomic E-state index is -0.225. The van der Waals surface area contributed by atoms with Gasteiger partial charge in [0.15, 0.2) is 0 Å². The van der Waals surface area contributed by atoms with E-state index < -0.39 is 0 Å². The van der Waals surface area contributed by atoms with Crippen LogP contribution in [0.1, 0.15) is 33.1 Å². The lowest BCUT2D eigenvalue weighted by Crippen LogP contribution is -2.36. The van der Waals surface area contributed by atoms with E-state index >= 15 is 0 Å². The Hall–Kier alpha value is -0.240. The van der Waals surface area contributed by atoms with E-state index in [1.807, 2.05) is 19.0 Å². The van der Waals surface area contributed by atoms with Gasteiger partial charge in [-0.25, -0.2) is 0 Å². The van der Waals surface area contributed by atoms with E-state index in [0.29, 0.717) is 0 Å². The summed E-state index contributed by atoms with van der Waals surface area (Å²) in [7, 11) is 3.65. The van der Waals surface area contributed by atoms with Gasteiger partial charge >= 0.3 is 0 Å². The van der Waals surface area contributed by atoms with Crippen LogP contribution in [0.15, 0.2) is 0 Å². The van der Waals surface area contributed by atoms with Gasteiger partial charge in [-0.1, -0.05) is 0 Å². The molecule has 2 unspecified atom stereocenters. The largest absolute Gasteiger partial charge is 0.394 e. The average molecular weight is 303 g/mol. The van der Waals surface area contributed by atoms with Crippen molar-refractivity contribution >= 4 is 0 Å². The van der Waals surface area contributed by atoms with Gasteiger partial charge in [0, 0.05) is 33.5 Å². The molecule has 124 valence electrons. The summed E-state index contributed by atoms with van der Waals surface area (Å²) in [6, 6.07) is 0. The Morgan fingerprint density at radius 3 is 2.33 bits per heavy atom. The molecule has 0 radical (unpaired) electrons. The monoisotopic (exact) mass is 303 g/mol. The third-order valence-corrected chi connectivity index (χ3v) is 4.30. The SMILES string of the molecule is COC1C[C@H](C)O[C@@H]1CCN(C)OC1C[C@H](C)O[C@@H]1CO. The second-order valence-corrected chi connectivity index (χ2v) is 6.18. The standard InChI is InChI=1S/C15H29NO5/c1-10-7-13(18-4)12(19-10)5-6-16(3)21-14-8-11(2)20-15(14)9-17/h10-15,17H,5-9H2,1-4H3/t10-,11-,12+,13?,14?,15+/m0/s1. The molecule has 2 fully saturated rings. The molecule has 21 heavy (non-hydrogen) atoms. The summed E-state index contributed by atoms with van der Waals surface area (Å²) in [6.07, 6.45) is 3.03. The van der Waals surface area contributed by atoms with Gasteiger partial charge in [-0.05, 0) is 20.3 Å². The highest BCUT2D eigenvalue weighted by Crippen LogP contribution is 2.26. The molecular formula is C15H29NO5. The van der Waals surface area contributed by atoms with Crippen molar-refractivity contribution in [3.63, 3.8) is 0 Å². The Labute approximate surface area is 127 Å². The molecule has 0 bridgehead atoms. The summed E-state index contributed by atoms with van der Waals surface area (Å²) in [4.78, 5) is 5.89. The first-order valence-electron chi connectivity index (χ1n) is 7.86. The van der Waals surface area contributed by atoms with E-state index in [1.54, 1.807) is 7.11 Å². The average Bonchev–Trinajstić information content (AvgIpc) is 2.98. The van der Waals surface area contributed by atoms with Crippen LogP contribution in [0.25, 0.3) is 0 Å². The molecule has 0 aliphatic carbocycles. The maximum atomic E-state index is 9.31. The van der Waals surface area contributed by atoms with Gasteiger partial charge in [0.2, 0.25) is 0 Å². The number of rotatable bonds is 7. The van der Waals surface area contributed by atoms with E-state index in [0.717, 1.165) is 25.8 Å². The van der Waals surface area contributed by atoms with Gasteiger partial charge in [0.25, 0.3) is 0 Å². The van der Waals surface area contributed by atoms with Gasteiger partial charge in [0.1, 0.15) is 12.2 Å². The summed E-state index contributed by atoms with van der Waals surface area (Å²) in [5.41, 5.74) is 0. The summed E-state index contributed by atoms with van der Waals surface area (Å²) in [6.45, 7) is 4.84. The number of ether oxygens (including phenoxy) is 3. The quantitative estimate of drug-likeness (QED) is 0.707. The topological polar surface area (TPSA) is 60.4 Å². The number of hydrogen-bond donors (Lipinski definition) is 1. The van der Waals surface area contributed by atoms with Gasteiger partial charge in [-0.2, -0.15) is 5.06 Å². The summed E-state index contributed by atoms with van der Waals surface area (Å²) in [5.74, 6) is 0. The zero-order chi connectivity index (χ0) is 15.4. The van der Waals surface area contributed by atoms with Crippen LogP contribution in [0.4, 0.5) is 0 Å². The molecule has 0 saturated carbocycles. The zero-order valence-corrected chi connectivity index (χ0v) is 13.5. The molecule has 0 spiro atoms. The highest BCUT2D eigenvalue weighted by Gasteiger charge is 2.36. The Kier molecular flexibility index (Phi) is 6.40. The fraction of sp³-hybridized carbons (Fsp3) is 1.00. The second-order valence-electron chi connectivity index (χ2n) is 6.18. The Morgan fingerprint density at radius 2 is 1.71 bits per heavy atom. The van der Waals surface area contributed by atoms with Gasteiger partial charge in [-0.3, -0.25) is 4.84 Å². The first kappa shape index (κ1) is 17.1. The number of hydrogen-bond acceptors (Lipinski definition) is 6. The number of aliphatic hydroxyl groups excluding tert-OH is 1. The second kappa shape index (κ2) is 7.85. The molecule has 6 heteroatoms. The van der Waals surface area contributed by atoms with Crippen LogP contribution < -0.4 is 0 Å². The van der Waals surface area contributed by atoms with Crippen LogP contribution in [0.5, 0.6) is 0 Å². The third kappa shape index (κ3) is 4.61. The van der Waals surface area contributed by atoms with E-state index in [2.05, 4.69) is 6.92 Å². The summed E-state index contributed by atoms with van der Waals surface area (Å²) >= 11 is 0. The van der Waals surface area contributed by atoms with Crippen LogP contribution >= 0.6 is 0 Å². The van der Waals surface area contributed by atoms with Crippen LogP contribution in [0.2, 0.25) is 0 Å². The summed E-state index contributed by atoms with van der Waals surface area (Å²) < 4.78 is 16.9. The Balaban J connectivity index is 1.73. The molecular weight excluding hydrogens is 274 g/mol. The lowest BCUT2D eigenvalue weighted by atomic mass is 10.1. The highest BCUT2D eigenvalue weighted by atomic mass is 16.7. The fourth-order valence-corrected chi connectivity index (χ4v) is 3.21. The molecule has 2 saturated heterocycles. The van der Waals surface area contributed by atoms with Gasteiger partial charge in [0.05, 0.1) is 31.0 Å². The molecule has 6 nitrogen and oxygen atoms in total. The van der Waals surface area contributed by atoms with Gasteiger partial charge < -0.3 is 19.3 Å². The van der Waals surface area contributed by atoms with Crippen molar-refractivity contribution in [3.05, 3.63) is 0 Å². The molecule has 2 rings (SSSR count). The van der Waals surface area contributed by atoms with Crippen molar-refractivity contribution in [2.75, 3.05) is 27.3 Å². The molecule has 0 aromatic heterocycles. The predicted molar refractivity (Wildman–Crippen MR) is 77.9 cm³/mol. The van der Waals surface area contributed by atoms with Gasteiger partial charge in [-0.15, -0.1) is 0 Å². The number of nitrogens with zero attached hydrogens (tertiary/aromatic N) is 1. The predicted octanol–water partition coefficient (Wildman–Crippen LogP) is 0.971. The smallest absolute Gasteiger partial charge is 0.110 e. The molecule has 0 aromatic carbocycles. The van der Waals surface area contributed by atoms with E-state index in [4.69, 9.17) is 19.0 Å². The summed E-state index contributed by atoms with van der Waals surface area (Å²) in [5, 5.41) is 11.1. The molecule has 6 atom stereocenters. The van der Waals surface area contributed by atoms with E-state index in [-0.39, 0.29) is 43.2 Å². The molecule has 0 amide bonds. The van der Waals surface area contributed by atoms with Crippen LogP contribution in [0, 0.1) is 0 Å². The molecule has 1 N–H and O–H groups in total. The van der Waals surface area contributed by atoms with Crippen molar-refractivity contribution in [2.45, 2.75) is 69.7 Å². The van der Waals surface area contributed by atoms with Crippen LogP contribution in [-0.4, -0.2) is 74.1 Å². The van der Waals surface area contributed by atoms with Crippen molar-refractivity contribution in [1.82, 2.24) is 5.06 Å². The molecule has 2 heterocycles. The van der Waals surface area contributed by atoms with Crippen molar-refractivity contribution < 1.29 is 24.2 Å². The first-order chi connectivity index (χ1) is 10.0. The number of aliphatic hydroxyl groups is 1. The first-order valence-corrected chi connectivity index (χ1v) is 7.86. The minimum Gasteiger partial charge on any atom is -0.394 e. The Bertz CT molecular complexity index is 316. The maximum absolute atomic E-state index is 9.31. The maximum Gasteiger partial charge on any atom is 0.110 e. The molecule has 2 aliphatic rings. The van der Waals surface area contributed by atoms with E-state index in [1.165, 1.54) is 0 Å². The number of methoxy groups -OCH3 is 1. The van der Waals surface area contributed by atoms with Crippen LogP contribution in [-0.2, 0) is 19.0 Å². The van der Waals surface area contributed by atoms with Crippen LogP contribution in [0.3, 0.4) is 0 Å². The lowest BCUT2D eigenvalue weighted by molar-refractivity contribution is -0.201. The lowest BCUT2D eigenvalue weighted by Gasteiger charge is -2.25. The zero-order valence-electron chi connectivity index (χ0n) is 13.5. The van der Waals surface area contributed by atoms with E-state index in [9.17, 15) is 5.11 Å². The minimum absolute atomic E-state index is 0.00214. The Morgan fingerprint density at radius 1 is 1.10 bits per heavy atom. The third-order valence-electron chi connectivity index (χ3n) is 4.30. The molecule has 0 aromatic rings. The number of hydroxylamine groups is 2. The molecule has 2 aliphatic heterocycles. The normalized spacial score (nSPS) is 40.3.